The monoisotopic (exact) mass is 429 g/mol. The van der Waals surface area contributed by atoms with Crippen molar-refractivity contribution in [2.75, 3.05) is 12.4 Å². The molecule has 0 heterocycles. The van der Waals surface area contributed by atoms with E-state index < -0.39 is 32.4 Å². The van der Waals surface area contributed by atoms with E-state index in [0.717, 1.165) is 28.6 Å². The number of nitro benzene ring substituents is 1. The zero-order valence-corrected chi connectivity index (χ0v) is 16.7. The van der Waals surface area contributed by atoms with Gasteiger partial charge >= 0.3 is 5.69 Å². The molecule has 150 valence electrons. The Balaban J connectivity index is 2.39. The van der Waals surface area contributed by atoms with E-state index in [9.17, 15) is 27.7 Å². The van der Waals surface area contributed by atoms with Crippen molar-refractivity contribution in [1.82, 2.24) is 4.31 Å². The highest BCUT2D eigenvalue weighted by Crippen LogP contribution is 2.26. The molecular weight excluding hydrogens is 413 g/mol. The summed E-state index contributed by atoms with van der Waals surface area (Å²) in [5, 5.41) is 13.2. The first-order valence-electron chi connectivity index (χ1n) is 7.98. The van der Waals surface area contributed by atoms with Crippen molar-refractivity contribution >= 4 is 38.9 Å². The molecule has 1 N–H and O–H groups in total. The van der Waals surface area contributed by atoms with Crippen LogP contribution in [0.5, 0.6) is 0 Å². The standard InChI is InChI=1S/C17H17ClFN3O5S/c1-10(2)21(3)28(26,27)12-5-6-14(18)13(9-12)17(23)20-11-4-7-15(19)16(8-11)22(24)25/h4-10H,1-3H3,(H,20,23). The predicted molar refractivity (Wildman–Crippen MR) is 103 cm³/mol. The van der Waals surface area contributed by atoms with Crippen LogP contribution in [0.15, 0.2) is 41.3 Å². The highest BCUT2D eigenvalue weighted by molar-refractivity contribution is 7.89. The molecule has 8 nitrogen and oxygen atoms in total. The molecule has 0 aliphatic heterocycles. The van der Waals surface area contributed by atoms with Crippen LogP contribution in [0, 0.1) is 15.9 Å². The molecule has 0 saturated heterocycles. The molecular formula is C17H17ClFN3O5S. The maximum atomic E-state index is 13.4. The average molecular weight is 430 g/mol. The number of nitro groups is 1. The maximum absolute atomic E-state index is 13.4. The lowest BCUT2D eigenvalue weighted by Gasteiger charge is -2.21. The fraction of sp³-hybridized carbons (Fsp3) is 0.235. The molecule has 0 aliphatic rings. The number of halogens is 2. The number of sulfonamides is 1. The van der Waals surface area contributed by atoms with E-state index in [1.807, 2.05) is 0 Å². The number of carbonyl (C=O) groups is 1. The number of hydrogen-bond donors (Lipinski definition) is 1. The Hall–Kier alpha value is -2.56. The molecule has 2 aromatic carbocycles. The molecule has 0 aliphatic carbocycles. The second-order valence-corrected chi connectivity index (χ2v) is 8.54. The zero-order valence-electron chi connectivity index (χ0n) is 15.1. The molecule has 0 aromatic heterocycles. The summed E-state index contributed by atoms with van der Waals surface area (Å²) >= 11 is 6.02. The number of rotatable bonds is 6. The lowest BCUT2D eigenvalue weighted by Crippen LogP contribution is -2.33. The Kier molecular flexibility index (Phi) is 6.37. The van der Waals surface area contributed by atoms with Crippen molar-refractivity contribution in [3.8, 4) is 0 Å². The average Bonchev–Trinajstić information content (AvgIpc) is 2.62. The first kappa shape index (κ1) is 21.7. The summed E-state index contributed by atoms with van der Waals surface area (Å²) in [5.74, 6) is -1.85. The van der Waals surface area contributed by atoms with Crippen molar-refractivity contribution in [3.63, 3.8) is 0 Å². The van der Waals surface area contributed by atoms with Gasteiger partial charge in [-0.3, -0.25) is 14.9 Å². The fourth-order valence-corrected chi connectivity index (χ4v) is 3.81. The minimum atomic E-state index is -3.85. The summed E-state index contributed by atoms with van der Waals surface area (Å²) < 4.78 is 39.8. The largest absolute Gasteiger partial charge is 0.322 e. The lowest BCUT2D eigenvalue weighted by molar-refractivity contribution is -0.387. The van der Waals surface area contributed by atoms with Crippen LogP contribution < -0.4 is 5.32 Å². The predicted octanol–water partition coefficient (Wildman–Crippen LogP) is 3.67. The normalized spacial score (nSPS) is 11.7. The quantitative estimate of drug-likeness (QED) is 0.556. The fourth-order valence-electron chi connectivity index (χ4n) is 2.21. The minimum absolute atomic E-state index is 0.0136. The van der Waals surface area contributed by atoms with Crippen molar-refractivity contribution in [1.29, 1.82) is 0 Å². The van der Waals surface area contributed by atoms with E-state index in [4.69, 9.17) is 11.6 Å². The van der Waals surface area contributed by atoms with Gasteiger partial charge in [-0.05, 0) is 44.2 Å². The third-order valence-electron chi connectivity index (χ3n) is 3.99. The topological polar surface area (TPSA) is 110 Å². The van der Waals surface area contributed by atoms with E-state index in [2.05, 4.69) is 5.32 Å². The molecule has 2 aromatic rings. The molecule has 0 fully saturated rings. The molecule has 1 amide bonds. The van der Waals surface area contributed by atoms with Gasteiger partial charge in [0.2, 0.25) is 15.8 Å². The summed E-state index contributed by atoms with van der Waals surface area (Å²) in [6.07, 6.45) is 0. The van der Waals surface area contributed by atoms with Gasteiger partial charge in [-0.15, -0.1) is 0 Å². The molecule has 0 unspecified atom stereocenters. The van der Waals surface area contributed by atoms with Crippen LogP contribution in [-0.4, -0.2) is 36.6 Å². The van der Waals surface area contributed by atoms with E-state index >= 15 is 0 Å². The molecule has 2 rings (SSSR count). The second-order valence-electron chi connectivity index (χ2n) is 6.13. The summed E-state index contributed by atoms with van der Waals surface area (Å²) in [4.78, 5) is 22.3. The van der Waals surface area contributed by atoms with Crippen LogP contribution in [0.25, 0.3) is 0 Å². The number of nitrogens with zero attached hydrogens (tertiary/aromatic N) is 2. The van der Waals surface area contributed by atoms with Gasteiger partial charge in [0.05, 0.1) is 20.4 Å². The number of hydrogen-bond acceptors (Lipinski definition) is 5. The maximum Gasteiger partial charge on any atom is 0.306 e. The van der Waals surface area contributed by atoms with Gasteiger partial charge in [0.15, 0.2) is 0 Å². The molecule has 0 atom stereocenters. The Bertz CT molecular complexity index is 1040. The zero-order chi connectivity index (χ0) is 21.2. The number of nitrogens with one attached hydrogen (secondary N) is 1. The van der Waals surface area contributed by atoms with Crippen LogP contribution in [0.3, 0.4) is 0 Å². The van der Waals surface area contributed by atoms with Crippen molar-refractivity contribution < 1.29 is 22.5 Å². The Morgan fingerprint density at radius 3 is 2.46 bits per heavy atom. The third kappa shape index (κ3) is 4.46. The smallest absolute Gasteiger partial charge is 0.306 e. The van der Waals surface area contributed by atoms with Crippen LogP contribution in [0.2, 0.25) is 5.02 Å². The number of benzene rings is 2. The van der Waals surface area contributed by atoms with Gasteiger partial charge in [-0.1, -0.05) is 11.6 Å². The Morgan fingerprint density at radius 2 is 1.89 bits per heavy atom. The van der Waals surface area contributed by atoms with Gasteiger partial charge < -0.3 is 5.32 Å². The van der Waals surface area contributed by atoms with Crippen LogP contribution in [-0.2, 0) is 10.0 Å². The summed E-state index contributed by atoms with van der Waals surface area (Å²) in [6, 6.07) is 6.19. The summed E-state index contributed by atoms with van der Waals surface area (Å²) in [5.41, 5.74) is -0.993. The molecule has 0 radical (unpaired) electrons. The van der Waals surface area contributed by atoms with Crippen molar-refractivity contribution in [3.05, 3.63) is 62.9 Å². The molecule has 0 saturated carbocycles. The van der Waals surface area contributed by atoms with E-state index in [-0.39, 0.29) is 27.2 Å². The minimum Gasteiger partial charge on any atom is -0.322 e. The molecule has 28 heavy (non-hydrogen) atoms. The van der Waals surface area contributed by atoms with Gasteiger partial charge in [0, 0.05) is 24.8 Å². The number of amides is 1. The molecule has 0 spiro atoms. The first-order chi connectivity index (χ1) is 12.9. The first-order valence-corrected chi connectivity index (χ1v) is 9.80. The Morgan fingerprint density at radius 1 is 1.25 bits per heavy atom. The molecule has 0 bridgehead atoms. The third-order valence-corrected chi connectivity index (χ3v) is 6.35. The van der Waals surface area contributed by atoms with E-state index in [0.29, 0.717) is 0 Å². The molecule has 11 heteroatoms. The summed E-state index contributed by atoms with van der Waals surface area (Å²) in [7, 11) is -2.44. The van der Waals surface area contributed by atoms with Gasteiger partial charge in [0.1, 0.15) is 0 Å². The van der Waals surface area contributed by atoms with Crippen molar-refractivity contribution in [2.24, 2.45) is 0 Å². The highest BCUT2D eigenvalue weighted by Gasteiger charge is 2.25. The van der Waals surface area contributed by atoms with Crippen LogP contribution >= 0.6 is 11.6 Å². The lowest BCUT2D eigenvalue weighted by atomic mass is 10.2. The van der Waals surface area contributed by atoms with Crippen molar-refractivity contribution in [2.45, 2.75) is 24.8 Å². The Labute approximate surface area is 166 Å². The van der Waals surface area contributed by atoms with E-state index in [1.165, 1.54) is 19.2 Å². The van der Waals surface area contributed by atoms with E-state index in [1.54, 1.807) is 13.8 Å². The van der Waals surface area contributed by atoms with Gasteiger partial charge in [-0.25, -0.2) is 8.42 Å². The van der Waals surface area contributed by atoms with Gasteiger partial charge in [0.25, 0.3) is 5.91 Å². The highest BCUT2D eigenvalue weighted by atomic mass is 35.5. The van der Waals surface area contributed by atoms with Crippen LogP contribution in [0.1, 0.15) is 24.2 Å². The number of carbonyl (C=O) groups excluding carboxylic acids is 1. The second kappa shape index (κ2) is 8.21. The van der Waals surface area contributed by atoms with Crippen LogP contribution in [0.4, 0.5) is 15.8 Å². The van der Waals surface area contributed by atoms with Gasteiger partial charge in [-0.2, -0.15) is 8.70 Å². The summed E-state index contributed by atoms with van der Waals surface area (Å²) in [6.45, 7) is 3.39. The SMILES string of the molecule is CC(C)N(C)S(=O)(=O)c1ccc(Cl)c(C(=O)Nc2ccc(F)c([N+](=O)[O-])c2)c1. The number of anilines is 1.